The summed E-state index contributed by atoms with van der Waals surface area (Å²) in [7, 11) is 0. The van der Waals surface area contributed by atoms with Gasteiger partial charge in [-0.25, -0.2) is 4.79 Å². The lowest BCUT2D eigenvalue weighted by atomic mass is 9.87. The van der Waals surface area contributed by atoms with Crippen LogP contribution in [0.15, 0.2) is 42.1 Å². The van der Waals surface area contributed by atoms with Gasteiger partial charge in [-0.1, -0.05) is 43.3 Å². The molecule has 3 aliphatic rings. The third-order valence-electron chi connectivity index (χ3n) is 6.02. The van der Waals surface area contributed by atoms with Crippen molar-refractivity contribution in [3.8, 4) is 0 Å². The van der Waals surface area contributed by atoms with E-state index >= 15 is 0 Å². The molecule has 1 saturated heterocycles. The lowest BCUT2D eigenvalue weighted by molar-refractivity contribution is -0.138. The fraction of sp³-hybridized carbons (Fsp3) is 0.500. The third kappa shape index (κ3) is 3.21. The molecule has 4 amide bonds. The van der Waals surface area contributed by atoms with E-state index in [1.807, 2.05) is 42.2 Å². The molecule has 0 unspecified atom stereocenters. The Balaban J connectivity index is 1.56. The van der Waals surface area contributed by atoms with Crippen LogP contribution in [0.1, 0.15) is 57.4 Å². The number of benzene rings is 1. The van der Waals surface area contributed by atoms with Gasteiger partial charge in [-0.05, 0) is 50.5 Å². The highest BCUT2D eigenvalue weighted by Gasteiger charge is 2.52. The molecule has 1 aromatic rings. The molecule has 0 bridgehead atoms. The van der Waals surface area contributed by atoms with Gasteiger partial charge in [-0.3, -0.25) is 14.5 Å². The summed E-state index contributed by atoms with van der Waals surface area (Å²) in [6, 6.07) is 9.00. The molecule has 6 heteroatoms. The highest BCUT2D eigenvalue weighted by Crippen LogP contribution is 2.35. The van der Waals surface area contributed by atoms with Gasteiger partial charge in [-0.2, -0.15) is 0 Å². The molecule has 1 heterocycles. The molecule has 1 aromatic carbocycles. The van der Waals surface area contributed by atoms with Crippen molar-refractivity contribution in [3.05, 3.63) is 47.7 Å². The summed E-state index contributed by atoms with van der Waals surface area (Å²) < 4.78 is 0. The average molecular weight is 381 g/mol. The molecular weight excluding hydrogens is 354 g/mol. The minimum Gasteiger partial charge on any atom is -0.319 e. The van der Waals surface area contributed by atoms with Crippen LogP contribution in [-0.4, -0.2) is 40.2 Å². The maximum absolute atomic E-state index is 13.2. The first-order chi connectivity index (χ1) is 13.6. The lowest BCUT2D eigenvalue weighted by Crippen LogP contribution is -2.46. The Kier molecular flexibility index (Phi) is 4.96. The van der Waals surface area contributed by atoms with E-state index in [1.54, 1.807) is 0 Å². The summed E-state index contributed by atoms with van der Waals surface area (Å²) in [6.45, 7) is 1.67. The van der Waals surface area contributed by atoms with Crippen LogP contribution in [0, 0.1) is 0 Å². The number of allylic oxidation sites excluding steroid dienone is 2. The second-order valence-electron chi connectivity index (χ2n) is 7.88. The number of nitrogens with zero attached hydrogens (tertiary/aromatic N) is 2. The predicted molar refractivity (Wildman–Crippen MR) is 105 cm³/mol. The monoisotopic (exact) mass is 381 g/mol. The van der Waals surface area contributed by atoms with Gasteiger partial charge in [0.1, 0.15) is 12.1 Å². The van der Waals surface area contributed by atoms with Crippen LogP contribution in [0.4, 0.5) is 4.79 Å². The average Bonchev–Trinajstić information content (AvgIpc) is 3.52. The normalized spacial score (nSPS) is 24.8. The van der Waals surface area contributed by atoms with Crippen molar-refractivity contribution in [3.63, 3.8) is 0 Å². The summed E-state index contributed by atoms with van der Waals surface area (Å²) in [5.74, 6) is -0.493. The minimum absolute atomic E-state index is 0.154. The Morgan fingerprint density at radius 3 is 2.57 bits per heavy atom. The van der Waals surface area contributed by atoms with Gasteiger partial charge in [0.15, 0.2) is 0 Å². The molecule has 0 spiro atoms. The highest BCUT2D eigenvalue weighted by molar-refractivity contribution is 6.09. The van der Waals surface area contributed by atoms with Gasteiger partial charge in [0, 0.05) is 11.7 Å². The van der Waals surface area contributed by atoms with Crippen molar-refractivity contribution >= 4 is 17.8 Å². The van der Waals surface area contributed by atoms with Gasteiger partial charge < -0.3 is 10.2 Å². The summed E-state index contributed by atoms with van der Waals surface area (Å²) in [5.41, 5.74) is 0.725. The summed E-state index contributed by atoms with van der Waals surface area (Å²) >= 11 is 0. The molecule has 1 saturated carbocycles. The number of carbonyl (C=O) groups excluding carboxylic acids is 3. The van der Waals surface area contributed by atoms with Gasteiger partial charge in [0.2, 0.25) is 5.91 Å². The Labute approximate surface area is 165 Å². The van der Waals surface area contributed by atoms with E-state index in [2.05, 4.69) is 11.4 Å². The summed E-state index contributed by atoms with van der Waals surface area (Å²) in [5, 5.41) is 2.85. The Hall–Kier alpha value is -2.63. The second-order valence-corrected chi connectivity index (χ2v) is 7.88. The molecule has 28 heavy (non-hydrogen) atoms. The van der Waals surface area contributed by atoms with Crippen LogP contribution in [-0.2, 0) is 15.1 Å². The molecule has 2 aliphatic carbocycles. The number of imide groups is 1. The number of nitrogens with one attached hydrogen (secondary N) is 1. The molecule has 6 nitrogen and oxygen atoms in total. The zero-order chi connectivity index (χ0) is 19.7. The molecular formula is C22H27N3O3. The van der Waals surface area contributed by atoms with E-state index < -0.39 is 11.6 Å². The van der Waals surface area contributed by atoms with Gasteiger partial charge in [0.05, 0.1) is 0 Å². The maximum Gasteiger partial charge on any atom is 0.325 e. The molecule has 1 N–H and O–H groups in total. The lowest BCUT2D eigenvalue weighted by Gasteiger charge is -2.29. The smallest absolute Gasteiger partial charge is 0.319 e. The fourth-order valence-corrected chi connectivity index (χ4v) is 4.31. The highest BCUT2D eigenvalue weighted by atomic mass is 16.2. The standard InChI is InChI=1S/C22H27N3O3/c1-2-22(16-9-5-3-6-10-16)20(27)24(21(28)23-22)15-19(26)25(18-13-14-18)17-11-7-4-8-12-17/h3,5-6,9-11,18H,2,4,7-8,12-15H2,1H3,(H,23,28)/t22-/m1/s1. The van der Waals surface area contributed by atoms with Crippen LogP contribution in [0.2, 0.25) is 0 Å². The minimum atomic E-state index is -1.09. The van der Waals surface area contributed by atoms with Crippen LogP contribution in [0.3, 0.4) is 0 Å². The van der Waals surface area contributed by atoms with Gasteiger partial charge in [0.25, 0.3) is 5.91 Å². The Morgan fingerprint density at radius 1 is 1.21 bits per heavy atom. The molecule has 1 atom stereocenters. The Bertz CT molecular complexity index is 816. The van der Waals surface area contributed by atoms with Crippen LogP contribution in [0.25, 0.3) is 0 Å². The molecule has 2 fully saturated rings. The van der Waals surface area contributed by atoms with Crippen molar-refractivity contribution in [1.29, 1.82) is 0 Å². The molecule has 1 aliphatic heterocycles. The van der Waals surface area contributed by atoms with Gasteiger partial charge >= 0.3 is 6.03 Å². The molecule has 148 valence electrons. The first kappa shape index (κ1) is 18.7. The summed E-state index contributed by atoms with van der Waals surface area (Å²) in [4.78, 5) is 42.0. The number of amides is 4. The number of hydrogen-bond donors (Lipinski definition) is 1. The SMILES string of the molecule is CC[C@]1(c2ccccc2)NC(=O)N(CC(=O)N(C2=CCCCC2)C2CC2)C1=O. The van der Waals surface area contributed by atoms with E-state index in [9.17, 15) is 14.4 Å². The first-order valence-electron chi connectivity index (χ1n) is 10.3. The van der Waals surface area contributed by atoms with Crippen LogP contribution < -0.4 is 5.32 Å². The number of rotatable bonds is 6. The molecule has 0 radical (unpaired) electrons. The van der Waals surface area contributed by atoms with E-state index in [0.717, 1.165) is 54.7 Å². The molecule has 4 rings (SSSR count). The van der Waals surface area contributed by atoms with E-state index in [0.29, 0.717) is 6.42 Å². The first-order valence-corrected chi connectivity index (χ1v) is 10.3. The topological polar surface area (TPSA) is 69.7 Å². The van der Waals surface area contributed by atoms with E-state index in [1.165, 1.54) is 0 Å². The van der Waals surface area contributed by atoms with Gasteiger partial charge in [-0.15, -0.1) is 0 Å². The maximum atomic E-state index is 13.2. The molecule has 0 aromatic heterocycles. The number of hydrogen-bond acceptors (Lipinski definition) is 3. The van der Waals surface area contributed by atoms with Crippen LogP contribution in [0.5, 0.6) is 0 Å². The third-order valence-corrected chi connectivity index (χ3v) is 6.02. The zero-order valence-corrected chi connectivity index (χ0v) is 16.3. The number of urea groups is 1. The van der Waals surface area contributed by atoms with Crippen molar-refractivity contribution in [2.75, 3.05) is 6.54 Å². The van der Waals surface area contributed by atoms with E-state index in [4.69, 9.17) is 0 Å². The fourth-order valence-electron chi connectivity index (χ4n) is 4.31. The predicted octanol–water partition coefficient (Wildman–Crippen LogP) is 3.29. The van der Waals surface area contributed by atoms with E-state index in [-0.39, 0.29) is 24.4 Å². The van der Waals surface area contributed by atoms with Crippen molar-refractivity contribution in [2.45, 2.75) is 63.5 Å². The quantitative estimate of drug-likeness (QED) is 0.769. The number of carbonyl (C=O) groups is 3. The van der Waals surface area contributed by atoms with Crippen molar-refractivity contribution in [2.24, 2.45) is 0 Å². The largest absolute Gasteiger partial charge is 0.325 e. The zero-order valence-electron chi connectivity index (χ0n) is 16.3. The second kappa shape index (κ2) is 7.41. The van der Waals surface area contributed by atoms with Crippen molar-refractivity contribution in [1.82, 2.24) is 15.1 Å². The van der Waals surface area contributed by atoms with Crippen LogP contribution >= 0.6 is 0 Å². The van der Waals surface area contributed by atoms with Crippen molar-refractivity contribution < 1.29 is 14.4 Å². The Morgan fingerprint density at radius 2 is 1.96 bits per heavy atom. The summed E-state index contributed by atoms with van der Waals surface area (Å²) in [6.07, 6.45) is 8.68.